The van der Waals surface area contributed by atoms with Crippen molar-refractivity contribution in [2.75, 3.05) is 26.2 Å². The zero-order valence-electron chi connectivity index (χ0n) is 18.2. The number of nitrogens with one attached hydrogen (secondary N) is 1. The molecule has 2 aromatic carbocycles. The van der Waals surface area contributed by atoms with Gasteiger partial charge in [-0.15, -0.1) is 0 Å². The predicted octanol–water partition coefficient (Wildman–Crippen LogP) is 2.16. The second-order valence-electron chi connectivity index (χ2n) is 9.04. The number of benzene rings is 2. The van der Waals surface area contributed by atoms with E-state index in [4.69, 9.17) is 4.74 Å². The molecule has 3 aliphatic heterocycles. The van der Waals surface area contributed by atoms with Gasteiger partial charge in [0.15, 0.2) is 0 Å². The first-order chi connectivity index (χ1) is 15.4. The molecule has 0 aliphatic carbocycles. The van der Waals surface area contributed by atoms with E-state index in [0.29, 0.717) is 32.7 Å². The van der Waals surface area contributed by atoms with Gasteiger partial charge in [0.05, 0.1) is 18.8 Å². The highest BCUT2D eigenvalue weighted by Crippen LogP contribution is 2.43. The van der Waals surface area contributed by atoms with Gasteiger partial charge < -0.3 is 15.0 Å². The van der Waals surface area contributed by atoms with Crippen molar-refractivity contribution in [3.63, 3.8) is 0 Å². The molecule has 0 unspecified atom stereocenters. The molecule has 5 rings (SSSR count). The monoisotopic (exact) mass is 455 g/mol. The van der Waals surface area contributed by atoms with Crippen molar-refractivity contribution >= 4 is 16.1 Å². The van der Waals surface area contributed by atoms with Gasteiger partial charge in [-0.05, 0) is 24.5 Å². The maximum Gasteiger partial charge on any atom is 0.317 e. The SMILES string of the molecule is Cc1ccc(CN2C[C@@H]3[C@H]([C@H]4CN(C(=O)NCCc5ccccc5)C[C@H]3O4)S2(=O)=O)cc1. The van der Waals surface area contributed by atoms with Crippen LogP contribution in [0.5, 0.6) is 0 Å². The molecule has 3 aliphatic rings. The van der Waals surface area contributed by atoms with E-state index >= 15 is 0 Å². The van der Waals surface area contributed by atoms with Crippen LogP contribution in [0.2, 0.25) is 0 Å². The van der Waals surface area contributed by atoms with Crippen LogP contribution < -0.4 is 5.32 Å². The third-order valence-corrected chi connectivity index (χ3v) is 9.17. The van der Waals surface area contributed by atoms with Crippen molar-refractivity contribution in [3.8, 4) is 0 Å². The number of urea groups is 1. The molecule has 8 heteroatoms. The molecule has 2 aromatic rings. The highest BCUT2D eigenvalue weighted by atomic mass is 32.2. The third kappa shape index (κ3) is 4.02. The van der Waals surface area contributed by atoms with E-state index in [1.54, 1.807) is 9.21 Å². The lowest BCUT2D eigenvalue weighted by Crippen LogP contribution is -2.52. The Hall–Kier alpha value is -2.42. The van der Waals surface area contributed by atoms with Crippen molar-refractivity contribution in [3.05, 3.63) is 71.3 Å². The fraction of sp³-hybridized carbons (Fsp3) is 0.458. The predicted molar refractivity (Wildman–Crippen MR) is 122 cm³/mol. The number of amides is 2. The van der Waals surface area contributed by atoms with Gasteiger partial charge in [-0.2, -0.15) is 4.31 Å². The molecule has 0 aromatic heterocycles. The van der Waals surface area contributed by atoms with Crippen molar-refractivity contribution in [1.82, 2.24) is 14.5 Å². The summed E-state index contributed by atoms with van der Waals surface area (Å²) in [6.07, 6.45) is 0.0558. The van der Waals surface area contributed by atoms with Gasteiger partial charge in [-0.1, -0.05) is 60.2 Å². The van der Waals surface area contributed by atoms with Crippen molar-refractivity contribution in [2.45, 2.75) is 37.3 Å². The maximum absolute atomic E-state index is 13.3. The van der Waals surface area contributed by atoms with Crippen LogP contribution in [0.25, 0.3) is 0 Å². The molecular weight excluding hydrogens is 426 g/mol. The summed E-state index contributed by atoms with van der Waals surface area (Å²) in [7, 11) is -3.48. The third-order valence-electron chi connectivity index (χ3n) is 6.83. The van der Waals surface area contributed by atoms with Gasteiger partial charge in [0.25, 0.3) is 0 Å². The topological polar surface area (TPSA) is 79.0 Å². The number of rotatable bonds is 5. The number of morpholine rings is 1. The fourth-order valence-corrected chi connectivity index (χ4v) is 7.45. The zero-order chi connectivity index (χ0) is 22.3. The standard InChI is InChI=1S/C24H29N3O4S/c1-17-7-9-19(10-8-17)13-27-14-20-21-15-26(16-22(31-21)23(20)32(27,29)30)24(28)25-12-11-18-5-3-2-4-6-18/h2-10,20-23H,11-16H2,1H3,(H,25,28)/t20-,21+,22+,23+/m0/s1. The zero-order valence-corrected chi connectivity index (χ0v) is 19.0. The Labute approximate surface area is 189 Å². The molecule has 0 spiro atoms. The molecule has 3 fully saturated rings. The van der Waals surface area contributed by atoms with E-state index in [9.17, 15) is 13.2 Å². The van der Waals surface area contributed by atoms with Crippen LogP contribution in [-0.4, -0.2) is 67.3 Å². The molecule has 3 heterocycles. The fourth-order valence-electron chi connectivity index (χ4n) is 5.16. The van der Waals surface area contributed by atoms with E-state index in [2.05, 4.69) is 5.32 Å². The van der Waals surface area contributed by atoms with E-state index in [-0.39, 0.29) is 18.1 Å². The Balaban J connectivity index is 1.21. The number of hydrogen-bond donors (Lipinski definition) is 1. The summed E-state index contributed by atoms with van der Waals surface area (Å²) in [5, 5.41) is 2.40. The first kappa shape index (κ1) is 21.4. The number of sulfonamides is 1. The highest BCUT2D eigenvalue weighted by molar-refractivity contribution is 7.90. The molecule has 2 amide bonds. The number of carbonyl (C=O) groups excluding carboxylic acids is 1. The molecular formula is C24H29N3O4S. The molecule has 0 saturated carbocycles. The number of likely N-dealkylation sites (tertiary alicyclic amines) is 1. The second kappa shape index (κ2) is 8.50. The lowest BCUT2D eigenvalue weighted by atomic mass is 10.00. The highest BCUT2D eigenvalue weighted by Gasteiger charge is 2.61. The number of hydrogen-bond acceptors (Lipinski definition) is 4. The van der Waals surface area contributed by atoms with Crippen molar-refractivity contribution in [2.24, 2.45) is 5.92 Å². The summed E-state index contributed by atoms with van der Waals surface area (Å²) in [5.41, 5.74) is 3.31. The minimum atomic E-state index is -3.48. The van der Waals surface area contributed by atoms with Crippen LogP contribution in [0.1, 0.15) is 16.7 Å². The molecule has 4 atom stereocenters. The second-order valence-corrected chi connectivity index (χ2v) is 11.1. The van der Waals surface area contributed by atoms with E-state index in [0.717, 1.165) is 17.5 Å². The smallest absolute Gasteiger partial charge is 0.317 e. The van der Waals surface area contributed by atoms with Gasteiger partial charge in [0.2, 0.25) is 10.0 Å². The Morgan fingerprint density at radius 3 is 2.47 bits per heavy atom. The first-order valence-electron chi connectivity index (χ1n) is 11.2. The Morgan fingerprint density at radius 1 is 1.00 bits per heavy atom. The normalized spacial score (nSPS) is 28.5. The van der Waals surface area contributed by atoms with E-state index in [1.165, 1.54) is 5.56 Å². The lowest BCUT2D eigenvalue weighted by molar-refractivity contribution is -0.0345. The molecule has 0 radical (unpaired) electrons. The van der Waals surface area contributed by atoms with Crippen molar-refractivity contribution in [1.29, 1.82) is 0 Å². The van der Waals surface area contributed by atoms with Gasteiger partial charge in [0.1, 0.15) is 5.25 Å². The Morgan fingerprint density at radius 2 is 1.72 bits per heavy atom. The molecule has 32 heavy (non-hydrogen) atoms. The van der Waals surface area contributed by atoms with Crippen LogP contribution in [-0.2, 0) is 27.7 Å². The average molecular weight is 456 g/mol. The molecule has 170 valence electrons. The van der Waals surface area contributed by atoms with Gasteiger partial charge in [-0.25, -0.2) is 13.2 Å². The number of ether oxygens (including phenoxy) is 1. The Bertz CT molecular complexity index is 1070. The average Bonchev–Trinajstić information content (AvgIpc) is 3.20. The first-order valence-corrected chi connectivity index (χ1v) is 12.7. The van der Waals surface area contributed by atoms with E-state index < -0.39 is 21.4 Å². The number of carbonyl (C=O) groups is 1. The van der Waals surface area contributed by atoms with Crippen molar-refractivity contribution < 1.29 is 17.9 Å². The summed E-state index contributed by atoms with van der Waals surface area (Å²) in [6, 6.07) is 17.8. The minimum Gasteiger partial charge on any atom is -0.369 e. The van der Waals surface area contributed by atoms with E-state index in [1.807, 2.05) is 61.5 Å². The summed E-state index contributed by atoms with van der Waals surface area (Å²) < 4.78 is 34.3. The largest absolute Gasteiger partial charge is 0.369 e. The number of fused-ring (bicyclic) bond motifs is 5. The quantitative estimate of drug-likeness (QED) is 0.750. The summed E-state index contributed by atoms with van der Waals surface area (Å²) in [6.45, 7) is 4.15. The summed E-state index contributed by atoms with van der Waals surface area (Å²) in [4.78, 5) is 14.4. The van der Waals surface area contributed by atoms with Crippen LogP contribution >= 0.6 is 0 Å². The summed E-state index contributed by atoms with van der Waals surface area (Å²) >= 11 is 0. The molecule has 7 nitrogen and oxygen atoms in total. The van der Waals surface area contributed by atoms with Gasteiger partial charge in [0, 0.05) is 32.1 Å². The van der Waals surface area contributed by atoms with Crippen LogP contribution in [0.15, 0.2) is 54.6 Å². The lowest BCUT2D eigenvalue weighted by Gasteiger charge is -2.34. The Kier molecular flexibility index (Phi) is 5.69. The van der Waals surface area contributed by atoms with Gasteiger partial charge >= 0.3 is 6.03 Å². The summed E-state index contributed by atoms with van der Waals surface area (Å²) in [5.74, 6) is -0.0995. The van der Waals surface area contributed by atoms with Crippen LogP contribution in [0, 0.1) is 12.8 Å². The van der Waals surface area contributed by atoms with Crippen LogP contribution in [0.4, 0.5) is 4.79 Å². The minimum absolute atomic E-state index is 0.0995. The van der Waals surface area contributed by atoms with Crippen LogP contribution in [0.3, 0.4) is 0 Å². The molecule has 3 saturated heterocycles. The number of nitrogens with zero attached hydrogens (tertiary/aromatic N) is 2. The molecule has 2 bridgehead atoms. The molecule has 1 N–H and O–H groups in total. The maximum atomic E-state index is 13.3. The number of aryl methyl sites for hydroxylation is 1. The van der Waals surface area contributed by atoms with Gasteiger partial charge in [-0.3, -0.25) is 0 Å².